The van der Waals surface area contributed by atoms with Crippen molar-refractivity contribution >= 4 is 0 Å². The van der Waals surface area contributed by atoms with Gasteiger partial charge in [0.15, 0.2) is 0 Å². The molecular formula is C15H25NO3. The summed E-state index contributed by atoms with van der Waals surface area (Å²) in [4.78, 5) is 0. The van der Waals surface area contributed by atoms with E-state index in [-0.39, 0.29) is 6.61 Å². The van der Waals surface area contributed by atoms with Crippen molar-refractivity contribution in [1.82, 2.24) is 0 Å². The third kappa shape index (κ3) is 4.20. The highest BCUT2D eigenvalue weighted by atomic mass is 16.5. The number of aryl methyl sites for hydroxylation is 2. The number of aliphatic hydroxyl groups is 2. The predicted molar refractivity (Wildman–Crippen MR) is 76.3 cm³/mol. The van der Waals surface area contributed by atoms with Gasteiger partial charge in [-0.1, -0.05) is 6.92 Å². The molecule has 19 heavy (non-hydrogen) atoms. The van der Waals surface area contributed by atoms with Crippen LogP contribution in [0.4, 0.5) is 0 Å². The SMILES string of the molecule is CCCOc1cc(C)c(C(O)C(N)CCO)c(C)c1. The minimum Gasteiger partial charge on any atom is -0.494 e. The van der Waals surface area contributed by atoms with Crippen LogP contribution in [0.3, 0.4) is 0 Å². The first kappa shape index (κ1) is 16.0. The van der Waals surface area contributed by atoms with Gasteiger partial charge in [0, 0.05) is 12.6 Å². The van der Waals surface area contributed by atoms with Crippen molar-refractivity contribution in [3.8, 4) is 5.75 Å². The van der Waals surface area contributed by atoms with Gasteiger partial charge >= 0.3 is 0 Å². The summed E-state index contributed by atoms with van der Waals surface area (Å²) >= 11 is 0. The molecule has 0 bridgehead atoms. The van der Waals surface area contributed by atoms with Gasteiger partial charge in [-0.25, -0.2) is 0 Å². The minimum atomic E-state index is -0.757. The maximum atomic E-state index is 10.3. The van der Waals surface area contributed by atoms with Gasteiger partial charge in [0.1, 0.15) is 5.75 Å². The van der Waals surface area contributed by atoms with Crippen LogP contribution < -0.4 is 10.5 Å². The maximum Gasteiger partial charge on any atom is 0.119 e. The van der Waals surface area contributed by atoms with Crippen LogP contribution in [-0.2, 0) is 0 Å². The van der Waals surface area contributed by atoms with Crippen molar-refractivity contribution < 1.29 is 14.9 Å². The second-order valence-electron chi connectivity index (χ2n) is 4.94. The lowest BCUT2D eigenvalue weighted by Crippen LogP contribution is -2.30. The summed E-state index contributed by atoms with van der Waals surface area (Å²) in [6, 6.07) is 3.39. The number of hydrogen-bond acceptors (Lipinski definition) is 4. The molecule has 1 rings (SSSR count). The molecule has 2 atom stereocenters. The summed E-state index contributed by atoms with van der Waals surface area (Å²) in [5, 5.41) is 19.2. The smallest absolute Gasteiger partial charge is 0.119 e. The molecule has 1 aromatic carbocycles. The maximum absolute atomic E-state index is 10.3. The van der Waals surface area contributed by atoms with Gasteiger partial charge < -0.3 is 20.7 Å². The van der Waals surface area contributed by atoms with Crippen LogP contribution in [0.1, 0.15) is 42.6 Å². The molecule has 0 heterocycles. The van der Waals surface area contributed by atoms with Crippen molar-refractivity contribution in [2.24, 2.45) is 5.73 Å². The van der Waals surface area contributed by atoms with E-state index in [0.29, 0.717) is 13.0 Å². The predicted octanol–water partition coefficient (Wildman–Crippen LogP) is 1.84. The van der Waals surface area contributed by atoms with Crippen LogP contribution in [-0.4, -0.2) is 29.5 Å². The lowest BCUT2D eigenvalue weighted by molar-refractivity contribution is 0.128. The van der Waals surface area contributed by atoms with E-state index in [1.54, 1.807) is 0 Å². The van der Waals surface area contributed by atoms with Crippen molar-refractivity contribution in [1.29, 1.82) is 0 Å². The van der Waals surface area contributed by atoms with Crippen LogP contribution in [0.15, 0.2) is 12.1 Å². The molecule has 2 unspecified atom stereocenters. The van der Waals surface area contributed by atoms with Gasteiger partial charge in [-0.15, -0.1) is 0 Å². The summed E-state index contributed by atoms with van der Waals surface area (Å²) in [7, 11) is 0. The quantitative estimate of drug-likeness (QED) is 0.704. The van der Waals surface area contributed by atoms with Crippen molar-refractivity contribution in [3.63, 3.8) is 0 Å². The number of hydrogen-bond donors (Lipinski definition) is 3. The third-order valence-electron chi connectivity index (χ3n) is 3.20. The zero-order chi connectivity index (χ0) is 14.4. The molecular weight excluding hydrogens is 242 g/mol. The van der Waals surface area contributed by atoms with Gasteiger partial charge in [0.25, 0.3) is 0 Å². The van der Waals surface area contributed by atoms with E-state index < -0.39 is 12.1 Å². The summed E-state index contributed by atoms with van der Waals surface area (Å²) in [5.74, 6) is 0.823. The van der Waals surface area contributed by atoms with Gasteiger partial charge in [-0.2, -0.15) is 0 Å². The standard InChI is InChI=1S/C15H25NO3/c1-4-7-19-12-8-10(2)14(11(3)9-12)15(18)13(16)5-6-17/h8-9,13,15,17-18H,4-7,16H2,1-3H3. The number of aliphatic hydroxyl groups excluding tert-OH is 2. The first-order valence-corrected chi connectivity index (χ1v) is 6.79. The Balaban J connectivity index is 2.95. The Morgan fingerprint density at radius 3 is 2.32 bits per heavy atom. The first-order valence-electron chi connectivity index (χ1n) is 6.79. The fourth-order valence-electron chi connectivity index (χ4n) is 2.23. The molecule has 0 aromatic heterocycles. The van der Waals surface area contributed by atoms with Crippen LogP contribution >= 0.6 is 0 Å². The second-order valence-corrected chi connectivity index (χ2v) is 4.94. The van der Waals surface area contributed by atoms with E-state index in [4.69, 9.17) is 15.6 Å². The highest BCUT2D eigenvalue weighted by Crippen LogP contribution is 2.29. The third-order valence-corrected chi connectivity index (χ3v) is 3.20. The fraction of sp³-hybridized carbons (Fsp3) is 0.600. The Morgan fingerprint density at radius 1 is 1.26 bits per heavy atom. The van der Waals surface area contributed by atoms with Crippen LogP contribution in [0.2, 0.25) is 0 Å². The van der Waals surface area contributed by atoms with E-state index in [9.17, 15) is 5.11 Å². The largest absolute Gasteiger partial charge is 0.494 e. The van der Waals surface area contributed by atoms with Crippen molar-refractivity contribution in [2.75, 3.05) is 13.2 Å². The molecule has 0 aliphatic heterocycles. The highest BCUT2D eigenvalue weighted by Gasteiger charge is 2.20. The topological polar surface area (TPSA) is 75.7 Å². The summed E-state index contributed by atoms with van der Waals surface area (Å²) in [6.07, 6.45) is 0.588. The Bertz CT molecular complexity index is 383. The van der Waals surface area contributed by atoms with Gasteiger partial charge in [-0.3, -0.25) is 0 Å². The molecule has 0 amide bonds. The summed E-state index contributed by atoms with van der Waals surface area (Å²) in [5.41, 5.74) is 8.64. The summed E-state index contributed by atoms with van der Waals surface area (Å²) in [6.45, 7) is 6.61. The Morgan fingerprint density at radius 2 is 1.84 bits per heavy atom. The number of benzene rings is 1. The number of ether oxygens (including phenoxy) is 1. The molecule has 0 aliphatic carbocycles. The molecule has 0 spiro atoms. The molecule has 0 fully saturated rings. The molecule has 0 radical (unpaired) electrons. The van der Waals surface area contributed by atoms with Crippen molar-refractivity contribution in [2.45, 2.75) is 45.8 Å². The Hall–Kier alpha value is -1.10. The van der Waals surface area contributed by atoms with E-state index in [2.05, 4.69) is 6.92 Å². The van der Waals surface area contributed by atoms with Crippen LogP contribution in [0, 0.1) is 13.8 Å². The number of nitrogens with two attached hydrogens (primary N) is 1. The van der Waals surface area contributed by atoms with Crippen molar-refractivity contribution in [3.05, 3.63) is 28.8 Å². The fourth-order valence-corrected chi connectivity index (χ4v) is 2.23. The number of rotatable bonds is 7. The van der Waals surface area contributed by atoms with E-state index in [0.717, 1.165) is 28.9 Å². The minimum absolute atomic E-state index is 0.0198. The highest BCUT2D eigenvalue weighted by molar-refractivity contribution is 5.42. The van der Waals surface area contributed by atoms with E-state index in [1.165, 1.54) is 0 Å². The average molecular weight is 267 g/mol. The molecule has 4 heteroatoms. The summed E-state index contributed by atoms with van der Waals surface area (Å²) < 4.78 is 5.61. The lowest BCUT2D eigenvalue weighted by Gasteiger charge is -2.23. The molecule has 1 aromatic rings. The first-order chi connectivity index (χ1) is 9.01. The molecule has 4 nitrogen and oxygen atoms in total. The normalized spacial score (nSPS) is 14.2. The molecule has 4 N–H and O–H groups in total. The Kier molecular flexibility index (Phi) is 6.28. The molecule has 0 saturated heterocycles. The monoisotopic (exact) mass is 267 g/mol. The zero-order valence-electron chi connectivity index (χ0n) is 12.0. The zero-order valence-corrected chi connectivity index (χ0v) is 12.0. The molecule has 0 saturated carbocycles. The van der Waals surface area contributed by atoms with Crippen LogP contribution in [0.25, 0.3) is 0 Å². The van der Waals surface area contributed by atoms with Gasteiger partial charge in [0.2, 0.25) is 0 Å². The van der Waals surface area contributed by atoms with E-state index in [1.807, 2.05) is 26.0 Å². The second kappa shape index (κ2) is 7.48. The average Bonchev–Trinajstić information content (AvgIpc) is 2.35. The van der Waals surface area contributed by atoms with E-state index >= 15 is 0 Å². The lowest BCUT2D eigenvalue weighted by atomic mass is 9.92. The Labute approximate surface area is 115 Å². The molecule has 108 valence electrons. The molecule has 0 aliphatic rings. The van der Waals surface area contributed by atoms with Gasteiger partial charge in [0.05, 0.1) is 12.7 Å². The van der Waals surface area contributed by atoms with Crippen LogP contribution in [0.5, 0.6) is 5.75 Å². The van der Waals surface area contributed by atoms with Gasteiger partial charge in [-0.05, 0) is 55.5 Å².